The number of piperidine rings is 1. The third kappa shape index (κ3) is 4.11. The van der Waals surface area contributed by atoms with E-state index in [-0.39, 0.29) is 0 Å². The van der Waals surface area contributed by atoms with E-state index in [1.807, 2.05) is 24.3 Å². The first kappa shape index (κ1) is 17.2. The van der Waals surface area contributed by atoms with Crippen molar-refractivity contribution in [1.29, 1.82) is 0 Å². The van der Waals surface area contributed by atoms with Crippen molar-refractivity contribution >= 4 is 11.6 Å². The Morgan fingerprint density at radius 3 is 2.42 bits per heavy atom. The van der Waals surface area contributed by atoms with Crippen molar-refractivity contribution < 1.29 is 0 Å². The van der Waals surface area contributed by atoms with E-state index in [0.717, 1.165) is 37.1 Å². The predicted molar refractivity (Wildman–Crippen MR) is 102 cm³/mol. The second-order valence-corrected chi connectivity index (χ2v) is 7.33. The molecule has 0 bridgehead atoms. The van der Waals surface area contributed by atoms with E-state index in [0.29, 0.717) is 5.02 Å². The summed E-state index contributed by atoms with van der Waals surface area (Å²) in [6.45, 7) is 2.95. The lowest BCUT2D eigenvalue weighted by molar-refractivity contribution is 0.172. The van der Waals surface area contributed by atoms with Gasteiger partial charge in [-0.05, 0) is 78.5 Å². The monoisotopic (exact) mass is 367 g/mol. The lowest BCUT2D eigenvalue weighted by atomic mass is 9.90. The summed E-state index contributed by atoms with van der Waals surface area (Å²) < 4.78 is 1.80. The van der Waals surface area contributed by atoms with Crippen LogP contribution in [0, 0.1) is 5.92 Å². The fourth-order valence-electron chi connectivity index (χ4n) is 3.58. The highest BCUT2D eigenvalue weighted by atomic mass is 35.5. The third-order valence-electron chi connectivity index (χ3n) is 5.04. The zero-order chi connectivity index (χ0) is 17.8. The number of hydrogen-bond donors (Lipinski definition) is 0. The largest absolute Gasteiger partial charge is 0.296 e. The fourth-order valence-corrected chi connectivity index (χ4v) is 3.71. The number of aromatic nitrogens is 4. The minimum Gasteiger partial charge on any atom is -0.296 e. The van der Waals surface area contributed by atoms with Crippen molar-refractivity contribution in [3.63, 3.8) is 0 Å². The minimum atomic E-state index is 0.712. The van der Waals surface area contributed by atoms with E-state index in [4.69, 9.17) is 11.6 Å². The molecule has 1 aliphatic heterocycles. The first-order valence-electron chi connectivity index (χ1n) is 9.07. The predicted octanol–water partition coefficient (Wildman–Crippen LogP) is 3.77. The molecule has 134 valence electrons. The van der Waals surface area contributed by atoms with E-state index < -0.39 is 0 Å². The number of tetrazole rings is 1. The molecule has 1 aliphatic rings. The maximum absolute atomic E-state index is 5.97. The molecule has 6 heteroatoms. The van der Waals surface area contributed by atoms with Crippen LogP contribution in [0.25, 0.3) is 5.69 Å². The normalized spacial score (nSPS) is 16.0. The van der Waals surface area contributed by atoms with Gasteiger partial charge in [0.1, 0.15) is 0 Å². The van der Waals surface area contributed by atoms with E-state index in [1.165, 1.54) is 24.8 Å². The van der Waals surface area contributed by atoms with Gasteiger partial charge in [0.15, 0.2) is 5.82 Å². The number of hydrogen-bond acceptors (Lipinski definition) is 4. The second-order valence-electron chi connectivity index (χ2n) is 6.89. The Bertz CT molecular complexity index is 823. The number of likely N-dealkylation sites (tertiary alicyclic amines) is 1. The van der Waals surface area contributed by atoms with Crippen LogP contribution in [0.2, 0.25) is 5.02 Å². The summed E-state index contributed by atoms with van der Waals surface area (Å²) in [5.74, 6) is 1.63. The van der Waals surface area contributed by atoms with Crippen molar-refractivity contribution in [3.8, 4) is 5.69 Å². The van der Waals surface area contributed by atoms with E-state index >= 15 is 0 Å². The molecule has 0 saturated carbocycles. The molecule has 0 aliphatic carbocycles. The highest BCUT2D eigenvalue weighted by molar-refractivity contribution is 6.30. The molecule has 2 aromatic carbocycles. The minimum absolute atomic E-state index is 0.712. The molecule has 4 rings (SSSR count). The molecule has 0 spiro atoms. The fraction of sp³-hybridized carbons (Fsp3) is 0.350. The molecule has 1 aromatic heterocycles. The number of rotatable bonds is 5. The van der Waals surface area contributed by atoms with Gasteiger partial charge < -0.3 is 0 Å². The SMILES string of the molecule is Clc1ccc(-n2nnnc2CN2CCC(Cc3ccccc3)CC2)cc1. The zero-order valence-corrected chi connectivity index (χ0v) is 15.4. The van der Waals surface area contributed by atoms with Crippen molar-refractivity contribution in [2.75, 3.05) is 13.1 Å². The van der Waals surface area contributed by atoms with Crippen LogP contribution in [0.3, 0.4) is 0 Å². The molecule has 0 radical (unpaired) electrons. The summed E-state index contributed by atoms with van der Waals surface area (Å²) >= 11 is 5.97. The van der Waals surface area contributed by atoms with Gasteiger partial charge in [-0.3, -0.25) is 4.90 Å². The smallest absolute Gasteiger partial charge is 0.170 e. The number of nitrogens with zero attached hydrogens (tertiary/aromatic N) is 5. The summed E-state index contributed by atoms with van der Waals surface area (Å²) in [5.41, 5.74) is 2.38. The van der Waals surface area contributed by atoms with E-state index in [1.54, 1.807) is 4.68 Å². The third-order valence-corrected chi connectivity index (χ3v) is 5.30. The van der Waals surface area contributed by atoms with Crippen molar-refractivity contribution in [2.45, 2.75) is 25.8 Å². The molecule has 3 aromatic rings. The van der Waals surface area contributed by atoms with Gasteiger partial charge in [-0.25, -0.2) is 0 Å². The van der Waals surface area contributed by atoms with E-state index in [2.05, 4.69) is 50.8 Å². The van der Waals surface area contributed by atoms with Gasteiger partial charge in [0, 0.05) is 5.02 Å². The maximum Gasteiger partial charge on any atom is 0.170 e. The van der Waals surface area contributed by atoms with E-state index in [9.17, 15) is 0 Å². The topological polar surface area (TPSA) is 46.8 Å². The lowest BCUT2D eigenvalue weighted by Crippen LogP contribution is -2.34. The van der Waals surface area contributed by atoms with Gasteiger partial charge in [-0.2, -0.15) is 4.68 Å². The summed E-state index contributed by atoms with van der Waals surface area (Å²) in [6, 6.07) is 18.4. The quantitative estimate of drug-likeness (QED) is 0.688. The Balaban J connectivity index is 1.35. The molecular weight excluding hydrogens is 346 g/mol. The molecule has 0 atom stereocenters. The van der Waals surface area contributed by atoms with Crippen LogP contribution in [-0.4, -0.2) is 38.2 Å². The Morgan fingerprint density at radius 1 is 0.962 bits per heavy atom. The Hall–Kier alpha value is -2.24. The molecule has 0 amide bonds. The second kappa shape index (κ2) is 7.98. The first-order chi connectivity index (χ1) is 12.8. The van der Waals surface area contributed by atoms with Gasteiger partial charge in [0.05, 0.1) is 12.2 Å². The lowest BCUT2D eigenvalue weighted by Gasteiger charge is -2.31. The zero-order valence-electron chi connectivity index (χ0n) is 14.6. The Kier molecular flexibility index (Phi) is 5.27. The van der Waals surface area contributed by atoms with Gasteiger partial charge in [-0.1, -0.05) is 41.9 Å². The van der Waals surface area contributed by atoms with Crippen LogP contribution in [0.4, 0.5) is 0 Å². The molecule has 26 heavy (non-hydrogen) atoms. The highest BCUT2D eigenvalue weighted by Gasteiger charge is 2.21. The maximum atomic E-state index is 5.97. The summed E-state index contributed by atoms with van der Waals surface area (Å²) in [7, 11) is 0. The van der Waals surface area contributed by atoms with Crippen LogP contribution in [-0.2, 0) is 13.0 Å². The van der Waals surface area contributed by atoms with Crippen molar-refractivity contribution in [3.05, 3.63) is 71.0 Å². The number of benzene rings is 2. The van der Waals surface area contributed by atoms with Gasteiger partial charge >= 0.3 is 0 Å². The molecule has 2 heterocycles. The summed E-state index contributed by atoms with van der Waals surface area (Å²) in [6.07, 6.45) is 3.62. The molecule has 1 saturated heterocycles. The average molecular weight is 368 g/mol. The van der Waals surface area contributed by atoms with Crippen LogP contribution >= 0.6 is 11.6 Å². The van der Waals surface area contributed by atoms with Gasteiger partial charge in [-0.15, -0.1) is 5.10 Å². The average Bonchev–Trinajstić information content (AvgIpc) is 3.13. The summed E-state index contributed by atoms with van der Waals surface area (Å²) in [4.78, 5) is 2.44. The van der Waals surface area contributed by atoms with Crippen LogP contribution in [0.1, 0.15) is 24.2 Å². The molecule has 5 nitrogen and oxygen atoms in total. The molecule has 0 unspecified atom stereocenters. The highest BCUT2D eigenvalue weighted by Crippen LogP contribution is 2.23. The Morgan fingerprint density at radius 2 is 1.69 bits per heavy atom. The van der Waals surface area contributed by atoms with Crippen LogP contribution < -0.4 is 0 Å². The van der Waals surface area contributed by atoms with Crippen LogP contribution in [0.5, 0.6) is 0 Å². The number of halogens is 1. The van der Waals surface area contributed by atoms with Crippen molar-refractivity contribution in [2.24, 2.45) is 5.92 Å². The summed E-state index contributed by atoms with van der Waals surface area (Å²) in [5, 5.41) is 12.9. The standard InChI is InChI=1S/C20H22ClN5/c21-18-6-8-19(9-7-18)26-20(22-23-24-26)15-25-12-10-17(11-13-25)14-16-4-2-1-3-5-16/h1-9,17H,10-15H2. The van der Waals surface area contributed by atoms with Gasteiger partial charge in [0.2, 0.25) is 0 Å². The van der Waals surface area contributed by atoms with Crippen LogP contribution in [0.15, 0.2) is 54.6 Å². The van der Waals surface area contributed by atoms with Crippen molar-refractivity contribution in [1.82, 2.24) is 25.1 Å². The molecular formula is C20H22ClN5. The van der Waals surface area contributed by atoms with Gasteiger partial charge in [0.25, 0.3) is 0 Å². The Labute approximate surface area is 158 Å². The first-order valence-corrected chi connectivity index (χ1v) is 9.45. The molecule has 0 N–H and O–H groups in total. The molecule has 1 fully saturated rings.